The van der Waals surface area contributed by atoms with E-state index in [4.69, 9.17) is 13.6 Å². The largest absolute Gasteiger partial charge is 0.465 e. The number of fused-ring (bicyclic) bond motifs is 2. The number of allylic oxidation sites excluding steroid dienone is 3. The number of esters is 1. The number of ether oxygens (including phenoxy) is 1. The monoisotopic (exact) mass is 640 g/mol. The maximum Gasteiger partial charge on any atom is 0.313 e. The third kappa shape index (κ3) is 6.28. The quantitative estimate of drug-likeness (QED) is 0.150. The molecule has 5 atom stereocenters. The maximum absolute atomic E-state index is 13.6. The van der Waals surface area contributed by atoms with Gasteiger partial charge in [-0.1, -0.05) is 89.5 Å². The summed E-state index contributed by atoms with van der Waals surface area (Å²) >= 11 is 3.63. The predicted molar refractivity (Wildman–Crippen MR) is 172 cm³/mol. The van der Waals surface area contributed by atoms with E-state index in [1.165, 1.54) is 0 Å². The van der Waals surface area contributed by atoms with E-state index < -0.39 is 22.0 Å². The van der Waals surface area contributed by atoms with Gasteiger partial charge in [0.15, 0.2) is 16.6 Å². The first kappa shape index (κ1) is 33.3. The lowest BCUT2D eigenvalue weighted by Gasteiger charge is -2.63. The summed E-state index contributed by atoms with van der Waals surface area (Å²) in [5.41, 5.74) is -0.771. The van der Waals surface area contributed by atoms with Crippen LogP contribution in [0.2, 0.25) is 36.3 Å². The molecule has 3 rings (SSSR count). The van der Waals surface area contributed by atoms with Crippen molar-refractivity contribution in [2.75, 3.05) is 19.8 Å². The molecule has 0 aromatic rings. The van der Waals surface area contributed by atoms with Gasteiger partial charge in [-0.25, -0.2) is 0 Å². The zero-order valence-corrected chi connectivity index (χ0v) is 30.5. The van der Waals surface area contributed by atoms with Gasteiger partial charge < -0.3 is 13.6 Å². The topological polar surface area (TPSA) is 44.8 Å². The van der Waals surface area contributed by atoms with Crippen molar-refractivity contribution in [1.29, 1.82) is 0 Å². The van der Waals surface area contributed by atoms with Crippen LogP contribution < -0.4 is 0 Å². The fourth-order valence-corrected chi connectivity index (χ4v) is 9.66. The molecular weight excluding hydrogens is 584 g/mol. The van der Waals surface area contributed by atoms with Gasteiger partial charge in [0.2, 0.25) is 0 Å². The van der Waals surface area contributed by atoms with Crippen molar-refractivity contribution in [3.05, 3.63) is 23.2 Å². The molecule has 2 fully saturated rings. The Bertz CT molecular complexity index is 962. The lowest BCUT2D eigenvalue weighted by Crippen LogP contribution is -2.64. The Morgan fingerprint density at radius 3 is 2.21 bits per heavy atom. The summed E-state index contributed by atoms with van der Waals surface area (Å²) in [7, 11) is -3.94. The third-order valence-corrected chi connectivity index (χ3v) is 20.9. The second-order valence-corrected chi connectivity index (χ2v) is 27.0. The van der Waals surface area contributed by atoms with Crippen LogP contribution in [0.15, 0.2) is 23.2 Å². The molecule has 1 aliphatic heterocycles. The third-order valence-electron chi connectivity index (χ3n) is 11.7. The Kier molecular flexibility index (Phi) is 9.50. The van der Waals surface area contributed by atoms with Gasteiger partial charge in [0, 0.05) is 18.6 Å². The van der Waals surface area contributed by atoms with Gasteiger partial charge in [-0.05, 0) is 90.1 Å². The number of hydrogen-bond donors (Lipinski definition) is 0. The molecule has 0 bridgehead atoms. The Hall–Kier alpha value is -0.216. The van der Waals surface area contributed by atoms with Gasteiger partial charge >= 0.3 is 5.97 Å². The number of rotatable bonds is 8. The van der Waals surface area contributed by atoms with E-state index in [0.717, 1.165) is 43.2 Å². The van der Waals surface area contributed by atoms with Crippen molar-refractivity contribution >= 4 is 38.5 Å². The number of carbonyl (C=O) groups is 1. The zero-order valence-electron chi connectivity index (χ0n) is 26.9. The highest BCUT2D eigenvalue weighted by Gasteiger charge is 2.65. The summed E-state index contributed by atoms with van der Waals surface area (Å²) in [5.74, 6) is 0.396. The maximum atomic E-state index is 13.6. The molecule has 39 heavy (non-hydrogen) atoms. The van der Waals surface area contributed by atoms with Crippen LogP contribution in [0.4, 0.5) is 0 Å². The lowest BCUT2D eigenvalue weighted by molar-refractivity contribution is -0.217. The van der Waals surface area contributed by atoms with Gasteiger partial charge in [-0.15, -0.1) is 0 Å². The standard InChI is InChI=1S/C32H57BrO4Si2/c1-24(33)20-31-18-14-13-16-25(31)32(23-35-27(31)34)19-15-17-30(8,22-37-39(11,12)29(5,6)7)26(32)21-36-38(9,10)28(2,3)4/h13-14,25-26H,1,15-23H2,2-12H3/t25?,26?,30?,31-,32?/m0/s1. The summed E-state index contributed by atoms with van der Waals surface area (Å²) in [6.07, 6.45) is 10.0. The molecule has 0 aromatic carbocycles. The molecular formula is C32H57BrO4Si2. The minimum absolute atomic E-state index is 0.0445. The predicted octanol–water partition coefficient (Wildman–Crippen LogP) is 9.63. The molecule has 4 unspecified atom stereocenters. The van der Waals surface area contributed by atoms with Crippen LogP contribution in [-0.2, 0) is 18.4 Å². The summed E-state index contributed by atoms with van der Waals surface area (Å²) in [5, 5.41) is 0.287. The molecule has 0 N–H and O–H groups in total. The highest BCUT2D eigenvalue weighted by Crippen LogP contribution is 2.65. The van der Waals surface area contributed by atoms with Crippen LogP contribution in [0.25, 0.3) is 0 Å². The van der Waals surface area contributed by atoms with Gasteiger partial charge in [0.05, 0.1) is 12.0 Å². The molecule has 2 aliphatic carbocycles. The first-order valence-corrected chi connectivity index (χ1v) is 21.7. The summed E-state index contributed by atoms with van der Waals surface area (Å²) in [4.78, 5) is 13.6. The Morgan fingerprint density at radius 2 is 1.64 bits per heavy atom. The van der Waals surface area contributed by atoms with Crippen LogP contribution in [0.5, 0.6) is 0 Å². The molecule has 1 saturated heterocycles. The van der Waals surface area contributed by atoms with E-state index in [9.17, 15) is 4.79 Å². The van der Waals surface area contributed by atoms with Gasteiger partial charge in [0.1, 0.15) is 0 Å². The van der Waals surface area contributed by atoms with Gasteiger partial charge in [-0.3, -0.25) is 4.79 Å². The van der Waals surface area contributed by atoms with Crippen molar-refractivity contribution < 1.29 is 18.4 Å². The van der Waals surface area contributed by atoms with E-state index in [1.807, 2.05) is 0 Å². The van der Waals surface area contributed by atoms with Gasteiger partial charge in [-0.2, -0.15) is 0 Å². The van der Waals surface area contributed by atoms with E-state index in [-0.39, 0.29) is 38.7 Å². The van der Waals surface area contributed by atoms with E-state index in [0.29, 0.717) is 19.6 Å². The van der Waals surface area contributed by atoms with Gasteiger partial charge in [0.25, 0.3) is 0 Å². The lowest BCUT2D eigenvalue weighted by atomic mass is 9.44. The molecule has 0 radical (unpaired) electrons. The minimum Gasteiger partial charge on any atom is -0.465 e. The summed E-state index contributed by atoms with van der Waals surface area (Å²) < 4.78 is 21.2. The van der Waals surface area contributed by atoms with E-state index >= 15 is 0 Å². The van der Waals surface area contributed by atoms with Crippen LogP contribution in [0, 0.1) is 28.1 Å². The Morgan fingerprint density at radius 1 is 1.05 bits per heavy atom. The fraction of sp³-hybridized carbons (Fsp3) is 0.844. The minimum atomic E-state index is -2.00. The molecule has 3 aliphatic rings. The first-order chi connectivity index (χ1) is 17.6. The number of hydrogen-bond acceptors (Lipinski definition) is 4. The molecule has 1 heterocycles. The first-order valence-electron chi connectivity index (χ1n) is 15.1. The zero-order chi connectivity index (χ0) is 29.7. The summed E-state index contributed by atoms with van der Waals surface area (Å²) in [6.45, 7) is 31.9. The molecule has 0 amide bonds. The van der Waals surface area contributed by atoms with Crippen molar-refractivity contribution in [1.82, 2.24) is 0 Å². The van der Waals surface area contributed by atoms with Crippen LogP contribution in [-0.4, -0.2) is 42.4 Å². The number of halogens is 1. The smallest absolute Gasteiger partial charge is 0.313 e. The molecule has 1 saturated carbocycles. The highest BCUT2D eigenvalue weighted by molar-refractivity contribution is 9.11. The van der Waals surface area contributed by atoms with E-state index in [2.05, 4.69) is 109 Å². The van der Waals surface area contributed by atoms with Crippen LogP contribution in [0.3, 0.4) is 0 Å². The fourth-order valence-electron chi connectivity index (χ4n) is 7.02. The molecule has 1 spiro atoms. The van der Waals surface area contributed by atoms with Crippen molar-refractivity contribution in [3.63, 3.8) is 0 Å². The molecule has 4 nitrogen and oxygen atoms in total. The average molecular weight is 642 g/mol. The van der Waals surface area contributed by atoms with Crippen molar-refractivity contribution in [2.24, 2.45) is 28.1 Å². The Labute approximate surface area is 250 Å². The average Bonchev–Trinajstić information content (AvgIpc) is 2.78. The second-order valence-electron chi connectivity index (χ2n) is 16.3. The summed E-state index contributed by atoms with van der Waals surface area (Å²) in [6, 6.07) is 0. The molecule has 0 aromatic heterocycles. The van der Waals surface area contributed by atoms with Crippen LogP contribution in [0.1, 0.15) is 87.0 Å². The van der Waals surface area contributed by atoms with Crippen molar-refractivity contribution in [2.45, 2.75) is 123 Å². The van der Waals surface area contributed by atoms with Crippen molar-refractivity contribution in [3.8, 4) is 0 Å². The Balaban J connectivity index is 2.10. The normalized spacial score (nSPS) is 34.1. The van der Waals surface area contributed by atoms with E-state index in [1.54, 1.807) is 0 Å². The van der Waals surface area contributed by atoms with Crippen LogP contribution >= 0.6 is 15.9 Å². The number of cyclic esters (lactones) is 1. The highest BCUT2D eigenvalue weighted by atomic mass is 79.9. The number of carbonyl (C=O) groups excluding carboxylic acids is 1. The molecule has 224 valence electrons. The SMILES string of the molecule is C=C(Br)C[C@@]12CC=CCC1C1(CCCC(C)(CO[Si](C)(C)C(C)(C)C)C1CO[Si](C)(C)C(C)(C)C)COC2=O. The molecule has 7 heteroatoms. The second kappa shape index (κ2) is 11.1.